The maximum absolute atomic E-state index is 13.5. The highest BCUT2D eigenvalue weighted by Gasteiger charge is 2.10. The van der Waals surface area contributed by atoms with Gasteiger partial charge in [-0.25, -0.2) is 9.18 Å². The molecule has 0 bridgehead atoms. The monoisotopic (exact) mass is 313 g/mol. The van der Waals surface area contributed by atoms with Gasteiger partial charge in [-0.3, -0.25) is 0 Å². The van der Waals surface area contributed by atoms with Crippen molar-refractivity contribution in [2.75, 3.05) is 5.32 Å². The molecule has 0 amide bonds. The Hall–Kier alpha value is -1.78. The van der Waals surface area contributed by atoms with Crippen LogP contribution in [-0.2, 0) is 6.54 Å². The Morgan fingerprint density at radius 1 is 1.15 bits per heavy atom. The van der Waals surface area contributed by atoms with Crippen LogP contribution in [0.15, 0.2) is 36.4 Å². The zero-order chi connectivity index (χ0) is 14.7. The van der Waals surface area contributed by atoms with Crippen LogP contribution in [0.5, 0.6) is 0 Å². The molecule has 0 radical (unpaired) electrons. The van der Waals surface area contributed by atoms with Crippen LogP contribution >= 0.6 is 23.2 Å². The number of benzene rings is 2. The van der Waals surface area contributed by atoms with Crippen LogP contribution in [0.3, 0.4) is 0 Å². The summed E-state index contributed by atoms with van der Waals surface area (Å²) in [5.41, 5.74) is 1.02. The topological polar surface area (TPSA) is 49.3 Å². The quantitative estimate of drug-likeness (QED) is 0.877. The van der Waals surface area contributed by atoms with Gasteiger partial charge in [-0.1, -0.05) is 29.3 Å². The summed E-state index contributed by atoms with van der Waals surface area (Å²) in [6, 6.07) is 9.04. The van der Waals surface area contributed by atoms with Crippen LogP contribution in [0, 0.1) is 5.82 Å². The van der Waals surface area contributed by atoms with Gasteiger partial charge in [-0.2, -0.15) is 0 Å². The molecule has 6 heteroatoms. The fourth-order valence-electron chi connectivity index (χ4n) is 1.65. The van der Waals surface area contributed by atoms with Gasteiger partial charge < -0.3 is 10.4 Å². The van der Waals surface area contributed by atoms with Gasteiger partial charge in [0.1, 0.15) is 5.82 Å². The normalized spacial score (nSPS) is 10.3. The van der Waals surface area contributed by atoms with E-state index in [9.17, 15) is 9.18 Å². The van der Waals surface area contributed by atoms with Crippen molar-refractivity contribution >= 4 is 34.9 Å². The van der Waals surface area contributed by atoms with Gasteiger partial charge in [0.25, 0.3) is 0 Å². The predicted molar refractivity (Wildman–Crippen MR) is 77.1 cm³/mol. The fourth-order valence-corrected chi connectivity index (χ4v) is 1.95. The molecule has 0 spiro atoms. The molecule has 0 aromatic heterocycles. The maximum Gasteiger partial charge on any atom is 0.338 e. The summed E-state index contributed by atoms with van der Waals surface area (Å²) in [5, 5.41) is 12.7. The Kier molecular flexibility index (Phi) is 4.47. The van der Waals surface area contributed by atoms with Crippen LogP contribution in [0.2, 0.25) is 10.0 Å². The number of halogens is 3. The predicted octanol–water partition coefficient (Wildman–Crippen LogP) is 4.44. The van der Waals surface area contributed by atoms with E-state index in [1.165, 1.54) is 12.1 Å². The molecule has 0 unspecified atom stereocenters. The molecule has 2 rings (SSSR count). The van der Waals surface area contributed by atoms with E-state index < -0.39 is 11.8 Å². The van der Waals surface area contributed by atoms with Crippen molar-refractivity contribution < 1.29 is 14.3 Å². The van der Waals surface area contributed by atoms with Gasteiger partial charge in [0.15, 0.2) is 0 Å². The Bertz CT molecular complexity index is 662. The maximum atomic E-state index is 13.5. The van der Waals surface area contributed by atoms with Crippen LogP contribution in [0.1, 0.15) is 15.9 Å². The minimum absolute atomic E-state index is 0.342. The number of carboxylic acid groups (broad SMARTS) is 1. The Balaban J connectivity index is 2.09. The van der Waals surface area contributed by atoms with Gasteiger partial charge in [-0.15, -0.1) is 0 Å². The smallest absolute Gasteiger partial charge is 0.338 e. The largest absolute Gasteiger partial charge is 0.478 e. The average molecular weight is 314 g/mol. The van der Waals surface area contributed by atoms with E-state index in [-0.39, 0.29) is 5.56 Å². The van der Waals surface area contributed by atoms with Gasteiger partial charge in [0.05, 0.1) is 15.6 Å². The van der Waals surface area contributed by atoms with Crippen molar-refractivity contribution in [3.63, 3.8) is 0 Å². The fraction of sp³-hybridized carbons (Fsp3) is 0.0714. The molecule has 20 heavy (non-hydrogen) atoms. The number of aromatic carboxylic acids is 1. The molecule has 0 saturated heterocycles. The van der Waals surface area contributed by atoms with Crippen LogP contribution in [0.25, 0.3) is 0 Å². The number of rotatable bonds is 4. The molecule has 0 fully saturated rings. The Labute approximate surface area is 124 Å². The number of carbonyl (C=O) groups is 1. The van der Waals surface area contributed by atoms with E-state index in [0.29, 0.717) is 22.2 Å². The highest BCUT2D eigenvalue weighted by atomic mass is 35.5. The molecule has 0 atom stereocenters. The minimum Gasteiger partial charge on any atom is -0.478 e. The molecule has 0 aliphatic heterocycles. The van der Waals surface area contributed by atoms with Crippen molar-refractivity contribution in [1.82, 2.24) is 0 Å². The molecule has 0 aliphatic rings. The second-order valence-corrected chi connectivity index (χ2v) is 4.92. The summed E-state index contributed by atoms with van der Waals surface area (Å²) in [4.78, 5) is 10.7. The second kappa shape index (κ2) is 6.11. The van der Waals surface area contributed by atoms with Crippen LogP contribution < -0.4 is 5.32 Å². The number of anilines is 1. The lowest BCUT2D eigenvalue weighted by atomic mass is 10.1. The number of hydrogen-bond acceptors (Lipinski definition) is 2. The minimum atomic E-state index is -1.29. The number of nitrogens with one attached hydrogen (secondary N) is 1. The van der Waals surface area contributed by atoms with E-state index >= 15 is 0 Å². The molecule has 2 aromatic rings. The van der Waals surface area contributed by atoms with Gasteiger partial charge in [-0.05, 0) is 35.9 Å². The molecule has 104 valence electrons. The van der Waals surface area contributed by atoms with Crippen molar-refractivity contribution in [3.8, 4) is 0 Å². The molecule has 0 heterocycles. The lowest BCUT2D eigenvalue weighted by molar-refractivity contribution is 0.0692. The second-order valence-electron chi connectivity index (χ2n) is 4.10. The summed E-state index contributed by atoms with van der Waals surface area (Å²) in [6.07, 6.45) is 0. The standard InChI is InChI=1S/C14H10Cl2FNO2/c15-11-4-2-9(6-12(11)16)18-7-8-1-3-10(14(19)20)13(17)5-8/h1-6,18H,7H2,(H,19,20). The first-order chi connectivity index (χ1) is 9.47. The summed E-state index contributed by atoms with van der Waals surface area (Å²) in [7, 11) is 0. The lowest BCUT2D eigenvalue weighted by Crippen LogP contribution is -2.04. The molecule has 2 N–H and O–H groups in total. The summed E-state index contributed by atoms with van der Waals surface area (Å²) < 4.78 is 13.5. The molecule has 2 aromatic carbocycles. The molecular formula is C14H10Cl2FNO2. The molecule has 0 saturated carbocycles. The highest BCUT2D eigenvalue weighted by molar-refractivity contribution is 6.42. The van der Waals surface area contributed by atoms with E-state index in [1.54, 1.807) is 24.3 Å². The summed E-state index contributed by atoms with van der Waals surface area (Å²) in [6.45, 7) is 0.342. The third-order valence-corrected chi connectivity index (χ3v) is 3.42. The van der Waals surface area contributed by atoms with Crippen molar-refractivity contribution in [2.24, 2.45) is 0 Å². The first-order valence-corrected chi connectivity index (χ1v) is 6.43. The van der Waals surface area contributed by atoms with E-state index in [0.717, 1.165) is 5.69 Å². The Morgan fingerprint density at radius 3 is 2.50 bits per heavy atom. The molecule has 0 aliphatic carbocycles. The average Bonchev–Trinajstić information content (AvgIpc) is 2.40. The van der Waals surface area contributed by atoms with Crippen molar-refractivity contribution in [3.05, 3.63) is 63.4 Å². The zero-order valence-corrected chi connectivity index (χ0v) is 11.7. The molecular weight excluding hydrogens is 304 g/mol. The SMILES string of the molecule is O=C(O)c1ccc(CNc2ccc(Cl)c(Cl)c2)cc1F. The van der Waals surface area contributed by atoms with Crippen molar-refractivity contribution in [2.45, 2.75) is 6.54 Å². The van der Waals surface area contributed by atoms with Crippen LogP contribution in [0.4, 0.5) is 10.1 Å². The van der Waals surface area contributed by atoms with Crippen LogP contribution in [-0.4, -0.2) is 11.1 Å². The summed E-state index contributed by atoms with van der Waals surface area (Å²) >= 11 is 11.7. The lowest BCUT2D eigenvalue weighted by Gasteiger charge is -2.08. The van der Waals surface area contributed by atoms with Gasteiger partial charge in [0, 0.05) is 12.2 Å². The number of carboxylic acids is 1. The zero-order valence-electron chi connectivity index (χ0n) is 10.2. The van der Waals surface area contributed by atoms with E-state index in [4.69, 9.17) is 28.3 Å². The van der Waals surface area contributed by atoms with Gasteiger partial charge in [0.2, 0.25) is 0 Å². The highest BCUT2D eigenvalue weighted by Crippen LogP contribution is 2.25. The number of hydrogen-bond donors (Lipinski definition) is 2. The first kappa shape index (κ1) is 14.6. The van der Waals surface area contributed by atoms with E-state index in [1.807, 2.05) is 0 Å². The first-order valence-electron chi connectivity index (χ1n) is 5.68. The third kappa shape index (κ3) is 3.40. The van der Waals surface area contributed by atoms with E-state index in [2.05, 4.69) is 5.32 Å². The van der Waals surface area contributed by atoms with Crippen molar-refractivity contribution in [1.29, 1.82) is 0 Å². The van der Waals surface area contributed by atoms with Gasteiger partial charge >= 0.3 is 5.97 Å². The Morgan fingerprint density at radius 2 is 1.90 bits per heavy atom. The summed E-state index contributed by atoms with van der Waals surface area (Å²) in [5.74, 6) is -2.04. The third-order valence-electron chi connectivity index (χ3n) is 2.68. The molecule has 3 nitrogen and oxygen atoms in total.